The second kappa shape index (κ2) is 5.53. The summed E-state index contributed by atoms with van der Waals surface area (Å²) in [5, 5.41) is 0. The molecular weight excluding hydrogens is 172 g/mol. The molecule has 1 rings (SSSR count). The van der Waals surface area contributed by atoms with Gasteiger partial charge in [-0.1, -0.05) is 31.9 Å². The van der Waals surface area contributed by atoms with Crippen molar-refractivity contribution in [2.45, 2.75) is 26.2 Å². The summed E-state index contributed by atoms with van der Waals surface area (Å²) in [5.74, 6) is 1.22. The van der Waals surface area contributed by atoms with Crippen LogP contribution in [0.3, 0.4) is 0 Å². The summed E-state index contributed by atoms with van der Waals surface area (Å²) < 4.78 is 0. The predicted molar refractivity (Wildman–Crippen MR) is 61.4 cm³/mol. The molecule has 0 fully saturated rings. The molecule has 2 heteroatoms. The van der Waals surface area contributed by atoms with Gasteiger partial charge in [0.1, 0.15) is 5.82 Å². The lowest BCUT2D eigenvalue weighted by Gasteiger charge is -2.16. The molecule has 1 aliphatic heterocycles. The molecule has 0 N–H and O–H groups in total. The first-order chi connectivity index (χ1) is 6.75. The third-order valence-corrected chi connectivity index (χ3v) is 2.34. The largest absolute Gasteiger partial charge is 0.336 e. The van der Waals surface area contributed by atoms with Gasteiger partial charge in [0.25, 0.3) is 0 Å². The zero-order valence-electron chi connectivity index (χ0n) is 9.40. The minimum atomic E-state index is 1.18. The monoisotopic (exact) mass is 192 g/mol. The second-order valence-electron chi connectivity index (χ2n) is 3.62. The standard InChI is InChI=1S/C12H20N2/c1-4-5-6-7-8-9-12-13(2)10-11-14(12)3/h7-11H,4-6H2,1-3H3/b8-7-. The van der Waals surface area contributed by atoms with Gasteiger partial charge in [0, 0.05) is 26.5 Å². The average Bonchev–Trinajstić information content (AvgIpc) is 2.48. The van der Waals surface area contributed by atoms with E-state index in [1.807, 2.05) is 0 Å². The van der Waals surface area contributed by atoms with E-state index in [-0.39, 0.29) is 0 Å². The fourth-order valence-corrected chi connectivity index (χ4v) is 1.41. The van der Waals surface area contributed by atoms with Crippen molar-refractivity contribution < 1.29 is 0 Å². The smallest absolute Gasteiger partial charge is 0.112 e. The van der Waals surface area contributed by atoms with Gasteiger partial charge in [-0.05, 0) is 12.5 Å². The molecule has 2 nitrogen and oxygen atoms in total. The maximum absolute atomic E-state index is 2.23. The Bertz CT molecular complexity index is 237. The highest BCUT2D eigenvalue weighted by molar-refractivity contribution is 5.18. The third kappa shape index (κ3) is 2.95. The molecule has 0 atom stereocenters. The minimum Gasteiger partial charge on any atom is -0.336 e. The van der Waals surface area contributed by atoms with E-state index in [2.05, 4.69) is 61.4 Å². The fraction of sp³-hybridized carbons (Fsp3) is 0.500. The van der Waals surface area contributed by atoms with Gasteiger partial charge in [-0.15, -0.1) is 0 Å². The second-order valence-corrected chi connectivity index (χ2v) is 3.62. The van der Waals surface area contributed by atoms with Gasteiger partial charge < -0.3 is 9.80 Å². The van der Waals surface area contributed by atoms with Crippen LogP contribution in [0.2, 0.25) is 0 Å². The summed E-state index contributed by atoms with van der Waals surface area (Å²) in [4.78, 5) is 4.23. The Balaban J connectivity index is 2.40. The van der Waals surface area contributed by atoms with Crippen LogP contribution in [-0.2, 0) is 0 Å². The van der Waals surface area contributed by atoms with E-state index in [0.717, 1.165) is 0 Å². The minimum absolute atomic E-state index is 1.18. The maximum Gasteiger partial charge on any atom is 0.112 e. The van der Waals surface area contributed by atoms with Gasteiger partial charge in [0.2, 0.25) is 0 Å². The van der Waals surface area contributed by atoms with Crippen molar-refractivity contribution in [3.63, 3.8) is 0 Å². The number of hydrogen-bond donors (Lipinski definition) is 0. The maximum atomic E-state index is 2.23. The lowest BCUT2D eigenvalue weighted by Crippen LogP contribution is -2.15. The molecule has 78 valence electrons. The van der Waals surface area contributed by atoms with Crippen molar-refractivity contribution >= 4 is 0 Å². The summed E-state index contributed by atoms with van der Waals surface area (Å²) in [7, 11) is 4.12. The van der Waals surface area contributed by atoms with Crippen LogP contribution in [0.4, 0.5) is 0 Å². The van der Waals surface area contributed by atoms with Crippen molar-refractivity contribution in [3.05, 3.63) is 36.4 Å². The molecule has 0 aromatic rings. The SMILES string of the molecule is CCCC/C=C\C=C1N(C)C=CN1C. The summed E-state index contributed by atoms with van der Waals surface area (Å²) in [5.41, 5.74) is 0. The van der Waals surface area contributed by atoms with Gasteiger partial charge in [-0.2, -0.15) is 0 Å². The molecular formula is C12H20N2. The molecule has 0 aromatic heterocycles. The quantitative estimate of drug-likeness (QED) is 0.632. The fourth-order valence-electron chi connectivity index (χ4n) is 1.41. The lowest BCUT2D eigenvalue weighted by molar-refractivity contribution is 0.447. The van der Waals surface area contributed by atoms with E-state index in [1.54, 1.807) is 0 Å². The lowest BCUT2D eigenvalue weighted by atomic mass is 10.2. The summed E-state index contributed by atoms with van der Waals surface area (Å²) in [6.07, 6.45) is 14.4. The molecule has 0 unspecified atom stereocenters. The molecule has 0 amide bonds. The summed E-state index contributed by atoms with van der Waals surface area (Å²) >= 11 is 0. The first kappa shape index (κ1) is 10.9. The Kier molecular flexibility index (Phi) is 4.30. The predicted octanol–water partition coefficient (Wildman–Crippen LogP) is 2.92. The molecule has 0 spiro atoms. The van der Waals surface area contributed by atoms with E-state index in [1.165, 1.54) is 25.1 Å². The van der Waals surface area contributed by atoms with E-state index in [9.17, 15) is 0 Å². The van der Waals surface area contributed by atoms with Crippen molar-refractivity contribution in [2.24, 2.45) is 0 Å². The number of rotatable bonds is 4. The first-order valence-electron chi connectivity index (χ1n) is 5.26. The molecule has 0 saturated heterocycles. The Hall–Kier alpha value is -1.18. The van der Waals surface area contributed by atoms with Crippen LogP contribution in [0.15, 0.2) is 36.4 Å². The van der Waals surface area contributed by atoms with Gasteiger partial charge in [0.15, 0.2) is 0 Å². The zero-order valence-corrected chi connectivity index (χ0v) is 9.40. The van der Waals surface area contributed by atoms with Crippen LogP contribution < -0.4 is 0 Å². The highest BCUT2D eigenvalue weighted by atomic mass is 15.3. The Morgan fingerprint density at radius 1 is 1.21 bits per heavy atom. The number of nitrogens with zero attached hydrogens (tertiary/aromatic N) is 2. The van der Waals surface area contributed by atoms with Crippen LogP contribution in [0.25, 0.3) is 0 Å². The van der Waals surface area contributed by atoms with E-state index in [0.29, 0.717) is 0 Å². The summed E-state index contributed by atoms with van der Waals surface area (Å²) in [6, 6.07) is 0. The first-order valence-corrected chi connectivity index (χ1v) is 5.26. The molecule has 0 saturated carbocycles. The summed E-state index contributed by atoms with van der Waals surface area (Å²) in [6.45, 7) is 2.22. The van der Waals surface area contributed by atoms with E-state index in [4.69, 9.17) is 0 Å². The Morgan fingerprint density at radius 2 is 1.86 bits per heavy atom. The van der Waals surface area contributed by atoms with Gasteiger partial charge in [0.05, 0.1) is 0 Å². The highest BCUT2D eigenvalue weighted by Crippen LogP contribution is 2.14. The van der Waals surface area contributed by atoms with Crippen molar-refractivity contribution in [2.75, 3.05) is 14.1 Å². The average molecular weight is 192 g/mol. The van der Waals surface area contributed by atoms with Gasteiger partial charge in [-0.25, -0.2) is 0 Å². The Labute approximate surface area is 87.2 Å². The van der Waals surface area contributed by atoms with Crippen molar-refractivity contribution in [3.8, 4) is 0 Å². The van der Waals surface area contributed by atoms with Crippen molar-refractivity contribution in [1.82, 2.24) is 9.80 Å². The van der Waals surface area contributed by atoms with Gasteiger partial charge >= 0.3 is 0 Å². The van der Waals surface area contributed by atoms with Crippen LogP contribution in [0, 0.1) is 0 Å². The Morgan fingerprint density at radius 3 is 2.43 bits per heavy atom. The van der Waals surface area contributed by atoms with Crippen LogP contribution in [0.5, 0.6) is 0 Å². The number of hydrogen-bond acceptors (Lipinski definition) is 2. The molecule has 0 aromatic carbocycles. The molecule has 0 aliphatic carbocycles. The van der Waals surface area contributed by atoms with Crippen molar-refractivity contribution in [1.29, 1.82) is 0 Å². The van der Waals surface area contributed by atoms with E-state index < -0.39 is 0 Å². The van der Waals surface area contributed by atoms with Crippen LogP contribution in [0.1, 0.15) is 26.2 Å². The zero-order chi connectivity index (χ0) is 10.4. The number of unbranched alkanes of at least 4 members (excludes halogenated alkanes) is 2. The van der Waals surface area contributed by atoms with Crippen LogP contribution in [-0.4, -0.2) is 23.9 Å². The molecule has 14 heavy (non-hydrogen) atoms. The van der Waals surface area contributed by atoms with E-state index >= 15 is 0 Å². The van der Waals surface area contributed by atoms with Crippen LogP contribution >= 0.6 is 0 Å². The molecule has 1 aliphatic rings. The topological polar surface area (TPSA) is 6.48 Å². The molecule has 1 heterocycles. The third-order valence-electron chi connectivity index (χ3n) is 2.34. The number of allylic oxidation sites excluding steroid dienone is 3. The molecule has 0 bridgehead atoms. The van der Waals surface area contributed by atoms with Gasteiger partial charge in [-0.3, -0.25) is 0 Å². The molecule has 0 radical (unpaired) electrons. The normalized spacial score (nSPS) is 16.1. The highest BCUT2D eigenvalue weighted by Gasteiger charge is 2.09.